The molecule has 1 saturated carbocycles. The monoisotopic (exact) mass is 294 g/mol. The van der Waals surface area contributed by atoms with Crippen LogP contribution in [0.3, 0.4) is 0 Å². The van der Waals surface area contributed by atoms with Crippen molar-refractivity contribution < 1.29 is 13.2 Å². The Morgan fingerprint density at radius 3 is 2.30 bits per heavy atom. The molecule has 1 aromatic carbocycles. The molecule has 0 heterocycles. The van der Waals surface area contributed by atoms with Gasteiger partial charge in [0, 0.05) is 13.1 Å². The molecule has 0 saturated heterocycles. The highest BCUT2D eigenvalue weighted by Gasteiger charge is 2.28. The number of carbonyl (C=O) groups excluding carboxylic acids is 1. The summed E-state index contributed by atoms with van der Waals surface area (Å²) in [6.45, 7) is 0. The number of sulfonamides is 1. The van der Waals surface area contributed by atoms with Gasteiger partial charge in [-0.05, 0) is 37.1 Å². The van der Waals surface area contributed by atoms with Crippen LogP contribution in [0.4, 0.5) is 5.69 Å². The summed E-state index contributed by atoms with van der Waals surface area (Å²) in [5.41, 5.74) is 0.402. The number of rotatable bonds is 4. The highest BCUT2D eigenvalue weighted by molar-refractivity contribution is 7.89. The summed E-state index contributed by atoms with van der Waals surface area (Å²) >= 11 is 0. The second-order valence-electron chi connectivity index (χ2n) is 5.01. The SMILES string of the molecule is CN(C1CCCCC1)S(=O)(=O)c1ccc(N=C=O)cc1. The zero-order valence-corrected chi connectivity index (χ0v) is 12.3. The largest absolute Gasteiger partial charge is 0.243 e. The molecule has 0 aliphatic heterocycles. The summed E-state index contributed by atoms with van der Waals surface area (Å²) in [5.74, 6) is 0. The van der Waals surface area contributed by atoms with Crippen molar-refractivity contribution in [3.63, 3.8) is 0 Å². The lowest BCUT2D eigenvalue weighted by Gasteiger charge is -2.30. The van der Waals surface area contributed by atoms with Crippen LogP contribution >= 0.6 is 0 Å². The summed E-state index contributed by atoms with van der Waals surface area (Å²) in [5, 5.41) is 0. The second-order valence-corrected chi connectivity index (χ2v) is 7.01. The van der Waals surface area contributed by atoms with Gasteiger partial charge >= 0.3 is 0 Å². The highest BCUT2D eigenvalue weighted by Crippen LogP contribution is 2.27. The number of hydrogen-bond acceptors (Lipinski definition) is 4. The molecule has 20 heavy (non-hydrogen) atoms. The van der Waals surface area contributed by atoms with E-state index in [2.05, 4.69) is 4.99 Å². The Morgan fingerprint density at radius 1 is 1.15 bits per heavy atom. The van der Waals surface area contributed by atoms with Gasteiger partial charge in [-0.2, -0.15) is 9.30 Å². The Morgan fingerprint density at radius 2 is 1.75 bits per heavy atom. The summed E-state index contributed by atoms with van der Waals surface area (Å²) in [4.78, 5) is 13.8. The van der Waals surface area contributed by atoms with Crippen molar-refractivity contribution in [1.82, 2.24) is 4.31 Å². The minimum atomic E-state index is -3.48. The van der Waals surface area contributed by atoms with E-state index in [0.717, 1.165) is 25.7 Å². The second kappa shape index (κ2) is 6.31. The van der Waals surface area contributed by atoms with Crippen LogP contribution in [0.15, 0.2) is 34.2 Å². The van der Waals surface area contributed by atoms with Gasteiger partial charge in [0.15, 0.2) is 0 Å². The molecule has 0 N–H and O–H groups in total. The fourth-order valence-corrected chi connectivity index (χ4v) is 3.97. The summed E-state index contributed by atoms with van der Waals surface area (Å²) in [7, 11) is -1.84. The fourth-order valence-electron chi connectivity index (χ4n) is 2.55. The molecule has 0 radical (unpaired) electrons. The predicted octanol–water partition coefficient (Wildman–Crippen LogP) is 2.61. The van der Waals surface area contributed by atoms with E-state index >= 15 is 0 Å². The van der Waals surface area contributed by atoms with Gasteiger partial charge in [-0.15, -0.1) is 0 Å². The third-order valence-electron chi connectivity index (χ3n) is 3.78. The van der Waals surface area contributed by atoms with Crippen LogP contribution in [0.5, 0.6) is 0 Å². The third-order valence-corrected chi connectivity index (χ3v) is 5.70. The minimum absolute atomic E-state index is 0.0847. The zero-order valence-electron chi connectivity index (χ0n) is 11.4. The van der Waals surface area contributed by atoms with Crippen molar-refractivity contribution >= 4 is 21.8 Å². The first-order valence-electron chi connectivity index (χ1n) is 6.71. The van der Waals surface area contributed by atoms with Gasteiger partial charge in [-0.3, -0.25) is 0 Å². The molecule has 5 nitrogen and oxygen atoms in total. The molecule has 6 heteroatoms. The molecular formula is C14H18N2O3S. The first-order chi connectivity index (χ1) is 9.55. The number of aliphatic imine (C=N–C) groups is 1. The van der Waals surface area contributed by atoms with Crippen molar-refractivity contribution in [3.8, 4) is 0 Å². The van der Waals surface area contributed by atoms with Crippen LogP contribution < -0.4 is 0 Å². The average Bonchev–Trinajstić information content (AvgIpc) is 2.48. The Hall–Kier alpha value is -1.49. The van der Waals surface area contributed by atoms with Gasteiger partial charge in [0.2, 0.25) is 16.1 Å². The molecule has 1 aliphatic carbocycles. The number of isocyanates is 1. The Labute approximate surface area is 119 Å². The van der Waals surface area contributed by atoms with Crippen molar-refractivity contribution in [2.24, 2.45) is 4.99 Å². The molecule has 1 aromatic rings. The zero-order chi connectivity index (χ0) is 14.6. The summed E-state index contributed by atoms with van der Waals surface area (Å²) < 4.78 is 26.5. The lowest BCUT2D eigenvalue weighted by atomic mass is 9.96. The van der Waals surface area contributed by atoms with Crippen LogP contribution in [0.1, 0.15) is 32.1 Å². The van der Waals surface area contributed by atoms with E-state index in [1.54, 1.807) is 7.05 Å². The molecule has 1 aliphatic rings. The Kier molecular flexibility index (Phi) is 4.70. The normalized spacial score (nSPS) is 16.9. The van der Waals surface area contributed by atoms with Crippen LogP contribution in [-0.4, -0.2) is 31.9 Å². The van der Waals surface area contributed by atoms with Gasteiger partial charge in [-0.1, -0.05) is 19.3 Å². The highest BCUT2D eigenvalue weighted by atomic mass is 32.2. The molecule has 2 rings (SSSR count). The minimum Gasteiger partial charge on any atom is -0.211 e. The van der Waals surface area contributed by atoms with Crippen LogP contribution in [0.2, 0.25) is 0 Å². The van der Waals surface area contributed by atoms with Gasteiger partial charge in [-0.25, -0.2) is 13.2 Å². The van der Waals surface area contributed by atoms with Gasteiger partial charge in [0.05, 0.1) is 10.6 Å². The van der Waals surface area contributed by atoms with Gasteiger partial charge < -0.3 is 0 Å². The molecule has 108 valence electrons. The third kappa shape index (κ3) is 3.15. The van der Waals surface area contributed by atoms with E-state index < -0.39 is 10.0 Å². The summed E-state index contributed by atoms with van der Waals surface area (Å²) in [6.07, 6.45) is 6.62. The first-order valence-corrected chi connectivity index (χ1v) is 8.15. The standard InChI is InChI=1S/C14H18N2O3S/c1-16(13-5-3-2-4-6-13)20(18,19)14-9-7-12(8-10-14)15-11-17/h7-10,13H,2-6H2,1H3. The average molecular weight is 294 g/mol. The van der Waals surface area contributed by atoms with E-state index in [1.165, 1.54) is 41.1 Å². The van der Waals surface area contributed by atoms with Crippen molar-refractivity contribution in [3.05, 3.63) is 24.3 Å². The van der Waals surface area contributed by atoms with Gasteiger partial charge in [0.1, 0.15) is 0 Å². The molecular weight excluding hydrogens is 276 g/mol. The van der Waals surface area contributed by atoms with Gasteiger partial charge in [0.25, 0.3) is 0 Å². The molecule has 0 aromatic heterocycles. The molecule has 0 unspecified atom stereocenters. The van der Waals surface area contributed by atoms with E-state index in [-0.39, 0.29) is 10.9 Å². The molecule has 0 amide bonds. The maximum atomic E-state index is 12.5. The quantitative estimate of drug-likeness (QED) is 0.633. The first kappa shape index (κ1) is 14.9. The molecule has 1 fully saturated rings. The maximum Gasteiger partial charge on any atom is 0.243 e. The Balaban J connectivity index is 2.22. The molecule has 0 bridgehead atoms. The lowest BCUT2D eigenvalue weighted by Crippen LogP contribution is -2.38. The number of benzene rings is 1. The van der Waals surface area contributed by atoms with E-state index in [9.17, 15) is 13.2 Å². The van der Waals surface area contributed by atoms with Crippen molar-refractivity contribution in [2.45, 2.75) is 43.0 Å². The fraction of sp³-hybridized carbons (Fsp3) is 0.500. The van der Waals surface area contributed by atoms with E-state index in [4.69, 9.17) is 0 Å². The van der Waals surface area contributed by atoms with Crippen molar-refractivity contribution in [2.75, 3.05) is 7.05 Å². The number of nitrogens with zero attached hydrogens (tertiary/aromatic N) is 2. The predicted molar refractivity (Wildman–Crippen MR) is 76.0 cm³/mol. The maximum absolute atomic E-state index is 12.5. The molecule has 0 atom stereocenters. The Bertz CT molecular complexity index is 598. The van der Waals surface area contributed by atoms with Crippen LogP contribution in [-0.2, 0) is 14.8 Å². The topological polar surface area (TPSA) is 66.8 Å². The van der Waals surface area contributed by atoms with E-state index in [1.807, 2.05) is 0 Å². The van der Waals surface area contributed by atoms with Crippen LogP contribution in [0.25, 0.3) is 0 Å². The smallest absolute Gasteiger partial charge is 0.211 e. The summed E-state index contributed by atoms with van der Waals surface area (Å²) in [6, 6.07) is 6.05. The lowest BCUT2D eigenvalue weighted by molar-refractivity contribution is 0.286. The number of hydrogen-bond donors (Lipinski definition) is 0. The van der Waals surface area contributed by atoms with Crippen molar-refractivity contribution in [1.29, 1.82) is 0 Å². The molecule has 0 spiro atoms. The van der Waals surface area contributed by atoms with E-state index in [0.29, 0.717) is 5.69 Å². The van der Waals surface area contributed by atoms with Crippen LogP contribution in [0, 0.1) is 0 Å².